The molecule has 2 aromatic rings. The summed E-state index contributed by atoms with van der Waals surface area (Å²) in [4.78, 5) is 13.8. The van der Waals surface area contributed by atoms with Gasteiger partial charge in [-0.05, 0) is 29.3 Å². The predicted molar refractivity (Wildman–Crippen MR) is 60.5 cm³/mol. The van der Waals surface area contributed by atoms with Gasteiger partial charge in [-0.3, -0.25) is 4.79 Å². The maximum atomic E-state index is 10.8. The van der Waals surface area contributed by atoms with Crippen LogP contribution < -0.4 is 5.32 Å². The summed E-state index contributed by atoms with van der Waals surface area (Å²) in [6.07, 6.45) is 3.82. The Labute approximate surface area is 88.1 Å². The maximum absolute atomic E-state index is 10.8. The quantitative estimate of drug-likeness (QED) is 0.769. The number of rotatable bonds is 2. The standard InChI is InChI=1S/C12H12N2O/c1-9(15)14-12-4-2-10(3-5-12)11-6-7-13-8-11/h2-8,13H,1H3,(H,14,15). The van der Waals surface area contributed by atoms with Crippen LogP contribution in [-0.4, -0.2) is 10.9 Å². The van der Waals surface area contributed by atoms with E-state index < -0.39 is 0 Å². The number of carbonyl (C=O) groups excluding carboxylic acids is 1. The molecular weight excluding hydrogens is 188 g/mol. The molecule has 76 valence electrons. The van der Waals surface area contributed by atoms with Gasteiger partial charge in [0.2, 0.25) is 5.91 Å². The molecule has 15 heavy (non-hydrogen) atoms. The van der Waals surface area contributed by atoms with Crippen molar-refractivity contribution in [1.82, 2.24) is 4.98 Å². The number of benzene rings is 1. The first-order valence-electron chi connectivity index (χ1n) is 4.76. The molecule has 0 aliphatic rings. The van der Waals surface area contributed by atoms with Crippen molar-refractivity contribution >= 4 is 11.6 Å². The lowest BCUT2D eigenvalue weighted by molar-refractivity contribution is -0.114. The summed E-state index contributed by atoms with van der Waals surface area (Å²) >= 11 is 0. The van der Waals surface area contributed by atoms with Gasteiger partial charge in [-0.1, -0.05) is 12.1 Å². The van der Waals surface area contributed by atoms with Gasteiger partial charge in [-0.2, -0.15) is 0 Å². The number of carbonyl (C=O) groups is 1. The molecule has 0 saturated heterocycles. The van der Waals surface area contributed by atoms with Crippen LogP contribution >= 0.6 is 0 Å². The largest absolute Gasteiger partial charge is 0.367 e. The van der Waals surface area contributed by atoms with E-state index in [-0.39, 0.29) is 5.91 Å². The Kier molecular flexibility index (Phi) is 2.54. The predicted octanol–water partition coefficient (Wildman–Crippen LogP) is 2.64. The highest BCUT2D eigenvalue weighted by atomic mass is 16.1. The van der Waals surface area contributed by atoms with Gasteiger partial charge in [0, 0.05) is 25.0 Å². The van der Waals surface area contributed by atoms with Gasteiger partial charge in [0.25, 0.3) is 0 Å². The van der Waals surface area contributed by atoms with Crippen LogP contribution in [-0.2, 0) is 4.79 Å². The summed E-state index contributed by atoms with van der Waals surface area (Å²) < 4.78 is 0. The average Bonchev–Trinajstić information content (AvgIpc) is 2.71. The van der Waals surface area contributed by atoms with Crippen LogP contribution in [0.1, 0.15) is 6.92 Å². The third-order valence-electron chi connectivity index (χ3n) is 2.14. The van der Waals surface area contributed by atoms with Gasteiger partial charge in [0.1, 0.15) is 0 Å². The van der Waals surface area contributed by atoms with Crippen LogP contribution in [0, 0.1) is 0 Å². The molecule has 0 aliphatic carbocycles. The number of amides is 1. The highest BCUT2D eigenvalue weighted by molar-refractivity contribution is 5.88. The van der Waals surface area contributed by atoms with Crippen molar-refractivity contribution in [2.45, 2.75) is 6.92 Å². The van der Waals surface area contributed by atoms with E-state index in [1.165, 1.54) is 6.92 Å². The lowest BCUT2D eigenvalue weighted by Gasteiger charge is -2.02. The molecule has 1 aromatic carbocycles. The van der Waals surface area contributed by atoms with Crippen LogP contribution in [0.4, 0.5) is 5.69 Å². The van der Waals surface area contributed by atoms with Crippen molar-refractivity contribution in [3.8, 4) is 11.1 Å². The number of H-pyrrole nitrogens is 1. The van der Waals surface area contributed by atoms with Crippen molar-refractivity contribution in [2.24, 2.45) is 0 Å². The van der Waals surface area contributed by atoms with Gasteiger partial charge >= 0.3 is 0 Å². The molecule has 2 N–H and O–H groups in total. The van der Waals surface area contributed by atoms with Crippen molar-refractivity contribution < 1.29 is 4.79 Å². The van der Waals surface area contributed by atoms with E-state index >= 15 is 0 Å². The Morgan fingerprint density at radius 1 is 1.13 bits per heavy atom. The highest BCUT2D eigenvalue weighted by Gasteiger charge is 1.98. The molecule has 1 heterocycles. The minimum Gasteiger partial charge on any atom is -0.367 e. The van der Waals surface area contributed by atoms with Gasteiger partial charge in [-0.15, -0.1) is 0 Å². The minimum absolute atomic E-state index is 0.0515. The van der Waals surface area contributed by atoms with E-state index in [4.69, 9.17) is 0 Å². The average molecular weight is 200 g/mol. The summed E-state index contributed by atoms with van der Waals surface area (Å²) in [5.74, 6) is -0.0515. The Morgan fingerprint density at radius 2 is 1.87 bits per heavy atom. The second-order valence-electron chi connectivity index (χ2n) is 3.36. The van der Waals surface area contributed by atoms with Gasteiger partial charge in [-0.25, -0.2) is 0 Å². The second-order valence-corrected chi connectivity index (χ2v) is 3.36. The fourth-order valence-electron chi connectivity index (χ4n) is 1.45. The van der Waals surface area contributed by atoms with Crippen molar-refractivity contribution in [3.05, 3.63) is 42.7 Å². The van der Waals surface area contributed by atoms with E-state index in [2.05, 4.69) is 10.3 Å². The number of aromatic amines is 1. The van der Waals surface area contributed by atoms with Crippen LogP contribution in [0.15, 0.2) is 42.7 Å². The smallest absolute Gasteiger partial charge is 0.221 e. The topological polar surface area (TPSA) is 44.9 Å². The molecule has 1 amide bonds. The molecule has 0 aliphatic heterocycles. The van der Waals surface area contributed by atoms with Crippen LogP contribution in [0.25, 0.3) is 11.1 Å². The van der Waals surface area contributed by atoms with Crippen LogP contribution in [0.2, 0.25) is 0 Å². The lowest BCUT2D eigenvalue weighted by atomic mass is 10.1. The van der Waals surface area contributed by atoms with E-state index in [0.29, 0.717) is 0 Å². The highest BCUT2D eigenvalue weighted by Crippen LogP contribution is 2.20. The van der Waals surface area contributed by atoms with E-state index in [1.54, 1.807) is 0 Å². The summed E-state index contributed by atoms with van der Waals surface area (Å²) in [5, 5.41) is 2.73. The number of nitrogens with one attached hydrogen (secondary N) is 2. The SMILES string of the molecule is CC(=O)Nc1ccc(-c2cc[nH]c2)cc1. The molecular formula is C12H12N2O. The van der Waals surface area contributed by atoms with E-state index in [9.17, 15) is 4.79 Å². The van der Waals surface area contributed by atoms with Gasteiger partial charge < -0.3 is 10.3 Å². The Balaban J connectivity index is 2.21. The van der Waals surface area contributed by atoms with Crippen LogP contribution in [0.3, 0.4) is 0 Å². The normalized spacial score (nSPS) is 9.93. The van der Waals surface area contributed by atoms with Gasteiger partial charge in [0.15, 0.2) is 0 Å². The third kappa shape index (κ3) is 2.26. The zero-order valence-electron chi connectivity index (χ0n) is 8.45. The van der Waals surface area contributed by atoms with E-state index in [1.807, 2.05) is 42.7 Å². The molecule has 0 spiro atoms. The Morgan fingerprint density at radius 3 is 2.40 bits per heavy atom. The molecule has 0 radical (unpaired) electrons. The van der Waals surface area contributed by atoms with Gasteiger partial charge in [0.05, 0.1) is 0 Å². The summed E-state index contributed by atoms with van der Waals surface area (Å²) in [6, 6.07) is 9.75. The molecule has 0 bridgehead atoms. The molecule has 3 nitrogen and oxygen atoms in total. The number of aromatic nitrogens is 1. The second kappa shape index (κ2) is 4.00. The van der Waals surface area contributed by atoms with Crippen molar-refractivity contribution in [2.75, 3.05) is 5.32 Å². The molecule has 0 saturated carbocycles. The first kappa shape index (κ1) is 9.52. The molecule has 2 rings (SSSR count). The Hall–Kier alpha value is -2.03. The zero-order chi connectivity index (χ0) is 10.7. The Bertz CT molecular complexity index is 443. The molecule has 1 aromatic heterocycles. The number of hydrogen-bond donors (Lipinski definition) is 2. The zero-order valence-corrected chi connectivity index (χ0v) is 8.45. The minimum atomic E-state index is -0.0515. The van der Waals surface area contributed by atoms with Crippen LogP contribution in [0.5, 0.6) is 0 Å². The summed E-state index contributed by atoms with van der Waals surface area (Å²) in [6.45, 7) is 1.50. The fourth-order valence-corrected chi connectivity index (χ4v) is 1.45. The summed E-state index contributed by atoms with van der Waals surface area (Å²) in [7, 11) is 0. The molecule has 0 atom stereocenters. The first-order valence-corrected chi connectivity index (χ1v) is 4.76. The third-order valence-corrected chi connectivity index (χ3v) is 2.14. The first-order chi connectivity index (χ1) is 7.25. The summed E-state index contributed by atoms with van der Waals surface area (Å²) in [5.41, 5.74) is 3.09. The molecule has 0 fully saturated rings. The van der Waals surface area contributed by atoms with E-state index in [0.717, 1.165) is 16.8 Å². The van der Waals surface area contributed by atoms with Crippen molar-refractivity contribution in [3.63, 3.8) is 0 Å². The molecule has 3 heteroatoms. The number of hydrogen-bond acceptors (Lipinski definition) is 1. The maximum Gasteiger partial charge on any atom is 0.221 e. The molecule has 0 unspecified atom stereocenters. The fraction of sp³-hybridized carbons (Fsp3) is 0.0833. The lowest BCUT2D eigenvalue weighted by Crippen LogP contribution is -2.05. The number of anilines is 1. The van der Waals surface area contributed by atoms with Crippen molar-refractivity contribution in [1.29, 1.82) is 0 Å². The monoisotopic (exact) mass is 200 g/mol.